The Bertz CT molecular complexity index is 457. The number of hydrogen-bond donors (Lipinski definition) is 3. The van der Waals surface area contributed by atoms with Crippen LogP contribution in [0.1, 0.15) is 12.0 Å². The fraction of sp³-hybridized carbons (Fsp3) is 0.231. The predicted molar refractivity (Wildman–Crippen MR) is 68.9 cm³/mol. The fourth-order valence-corrected chi connectivity index (χ4v) is 1.32. The number of benzene rings is 1. The molecule has 3 N–H and O–H groups in total. The number of aliphatic hydroxyl groups is 1. The lowest BCUT2D eigenvalue weighted by Crippen LogP contribution is -2.14. The number of halogens is 1. The third-order valence-electron chi connectivity index (χ3n) is 2.28. The van der Waals surface area contributed by atoms with Gasteiger partial charge in [-0.15, -0.1) is 0 Å². The molecule has 5 nitrogen and oxygen atoms in total. The number of carbonyl (C=O) groups excluding carboxylic acids is 2. The van der Waals surface area contributed by atoms with Crippen LogP contribution in [-0.4, -0.2) is 24.0 Å². The molecule has 1 rings (SSSR count). The molecule has 0 heterocycles. The molecule has 0 atom stereocenters. The van der Waals surface area contributed by atoms with Crippen molar-refractivity contribution in [1.29, 1.82) is 0 Å². The van der Waals surface area contributed by atoms with Gasteiger partial charge in [0.05, 0.1) is 13.2 Å². The largest absolute Gasteiger partial charge is 0.392 e. The van der Waals surface area contributed by atoms with E-state index in [1.807, 2.05) is 0 Å². The van der Waals surface area contributed by atoms with E-state index in [1.54, 1.807) is 24.3 Å². The maximum absolute atomic E-state index is 13.0. The second-order valence-corrected chi connectivity index (χ2v) is 3.76. The van der Waals surface area contributed by atoms with Crippen LogP contribution in [-0.2, 0) is 16.2 Å². The third kappa shape index (κ3) is 5.78. The molecular formula is C13H15FN2O3. The standard InChI is InChI=1S/C13H15FN2O3/c14-11(7-15-9-18)3-6-13(19)16-12-4-1-10(8-17)2-5-12/h1-5,9,17H,6-8H2,(H,15,18)(H,16,19)/b11-3-. The summed E-state index contributed by atoms with van der Waals surface area (Å²) in [5.74, 6) is -0.934. The van der Waals surface area contributed by atoms with Crippen molar-refractivity contribution < 1.29 is 19.1 Å². The number of anilines is 1. The lowest BCUT2D eigenvalue weighted by Gasteiger charge is -2.04. The van der Waals surface area contributed by atoms with E-state index in [-0.39, 0.29) is 25.5 Å². The van der Waals surface area contributed by atoms with Crippen LogP contribution in [0.4, 0.5) is 10.1 Å². The summed E-state index contributed by atoms with van der Waals surface area (Å²) in [7, 11) is 0. The Morgan fingerprint density at radius 3 is 2.58 bits per heavy atom. The molecule has 1 aromatic carbocycles. The van der Waals surface area contributed by atoms with Gasteiger partial charge in [0.25, 0.3) is 0 Å². The molecule has 19 heavy (non-hydrogen) atoms. The summed E-state index contributed by atoms with van der Waals surface area (Å²) < 4.78 is 13.0. The van der Waals surface area contributed by atoms with Crippen molar-refractivity contribution in [3.05, 3.63) is 41.7 Å². The second kappa shape index (κ2) is 7.99. The van der Waals surface area contributed by atoms with Gasteiger partial charge in [0.15, 0.2) is 0 Å². The van der Waals surface area contributed by atoms with Crippen molar-refractivity contribution in [2.75, 3.05) is 11.9 Å². The zero-order chi connectivity index (χ0) is 14.1. The van der Waals surface area contributed by atoms with Gasteiger partial charge in [0.2, 0.25) is 12.3 Å². The van der Waals surface area contributed by atoms with Gasteiger partial charge in [-0.25, -0.2) is 4.39 Å². The first-order chi connectivity index (χ1) is 9.15. The molecule has 1 aromatic rings. The number of amides is 2. The number of hydrogen-bond acceptors (Lipinski definition) is 3. The molecule has 0 aliphatic carbocycles. The molecular weight excluding hydrogens is 251 g/mol. The molecule has 2 amide bonds. The average molecular weight is 266 g/mol. The van der Waals surface area contributed by atoms with Crippen molar-refractivity contribution in [3.8, 4) is 0 Å². The van der Waals surface area contributed by atoms with E-state index >= 15 is 0 Å². The van der Waals surface area contributed by atoms with Crippen LogP contribution in [0.15, 0.2) is 36.2 Å². The summed E-state index contributed by atoms with van der Waals surface area (Å²) in [5, 5.41) is 13.6. The van der Waals surface area contributed by atoms with Crippen molar-refractivity contribution in [2.24, 2.45) is 0 Å². The molecule has 0 saturated heterocycles. The van der Waals surface area contributed by atoms with Crippen LogP contribution < -0.4 is 10.6 Å². The molecule has 0 aliphatic rings. The van der Waals surface area contributed by atoms with E-state index in [1.165, 1.54) is 0 Å². The van der Waals surface area contributed by atoms with E-state index in [9.17, 15) is 14.0 Å². The molecule has 0 spiro atoms. The van der Waals surface area contributed by atoms with Gasteiger partial charge in [0.1, 0.15) is 5.83 Å². The Labute approximate surface area is 110 Å². The molecule has 0 aliphatic heterocycles. The molecule has 6 heteroatoms. The van der Waals surface area contributed by atoms with Crippen molar-refractivity contribution >= 4 is 18.0 Å². The van der Waals surface area contributed by atoms with Gasteiger partial charge in [-0.05, 0) is 23.8 Å². The normalized spacial score (nSPS) is 10.9. The van der Waals surface area contributed by atoms with Gasteiger partial charge in [-0.3, -0.25) is 9.59 Å². The highest BCUT2D eigenvalue weighted by molar-refractivity contribution is 5.91. The van der Waals surface area contributed by atoms with Crippen molar-refractivity contribution in [1.82, 2.24) is 5.32 Å². The smallest absolute Gasteiger partial charge is 0.228 e. The summed E-state index contributed by atoms with van der Waals surface area (Å²) in [6.07, 6.45) is 1.37. The molecule has 0 unspecified atom stereocenters. The Morgan fingerprint density at radius 1 is 1.32 bits per heavy atom. The average Bonchev–Trinajstić information content (AvgIpc) is 2.43. The Balaban J connectivity index is 2.43. The highest BCUT2D eigenvalue weighted by Crippen LogP contribution is 2.10. The quantitative estimate of drug-likeness (QED) is 0.647. The maximum atomic E-state index is 13.0. The van der Waals surface area contributed by atoms with Crippen LogP contribution in [0.3, 0.4) is 0 Å². The monoisotopic (exact) mass is 266 g/mol. The Kier molecular flexibility index (Phi) is 6.25. The Hall–Kier alpha value is -2.21. The van der Waals surface area contributed by atoms with Crippen LogP contribution in [0, 0.1) is 0 Å². The molecule has 0 bridgehead atoms. The predicted octanol–water partition coefficient (Wildman–Crippen LogP) is 1.11. The lowest BCUT2D eigenvalue weighted by atomic mass is 10.2. The first-order valence-electron chi connectivity index (χ1n) is 5.67. The van der Waals surface area contributed by atoms with E-state index < -0.39 is 5.83 Å². The third-order valence-corrected chi connectivity index (χ3v) is 2.28. The number of rotatable bonds is 7. The van der Waals surface area contributed by atoms with Crippen LogP contribution >= 0.6 is 0 Å². The lowest BCUT2D eigenvalue weighted by molar-refractivity contribution is -0.115. The Morgan fingerprint density at radius 2 is 2.00 bits per heavy atom. The van der Waals surface area contributed by atoms with Gasteiger partial charge < -0.3 is 15.7 Å². The summed E-state index contributed by atoms with van der Waals surface area (Å²) in [4.78, 5) is 21.4. The highest BCUT2D eigenvalue weighted by Gasteiger charge is 2.02. The highest BCUT2D eigenvalue weighted by atomic mass is 19.1. The number of aliphatic hydroxyl groups excluding tert-OH is 1. The van der Waals surface area contributed by atoms with Gasteiger partial charge in [0, 0.05) is 12.1 Å². The molecule has 0 aromatic heterocycles. The molecule has 0 saturated carbocycles. The molecule has 102 valence electrons. The molecule has 0 radical (unpaired) electrons. The maximum Gasteiger partial charge on any atom is 0.228 e. The van der Waals surface area contributed by atoms with Crippen LogP contribution in [0.5, 0.6) is 0 Å². The molecule has 0 fully saturated rings. The van der Waals surface area contributed by atoms with Gasteiger partial charge in [-0.1, -0.05) is 12.1 Å². The fourth-order valence-electron chi connectivity index (χ4n) is 1.32. The number of nitrogens with one attached hydrogen (secondary N) is 2. The minimum atomic E-state index is -0.571. The van der Waals surface area contributed by atoms with Crippen LogP contribution in [0.2, 0.25) is 0 Å². The van der Waals surface area contributed by atoms with Crippen LogP contribution in [0.25, 0.3) is 0 Å². The second-order valence-electron chi connectivity index (χ2n) is 3.76. The zero-order valence-corrected chi connectivity index (χ0v) is 10.2. The minimum Gasteiger partial charge on any atom is -0.392 e. The van der Waals surface area contributed by atoms with Crippen molar-refractivity contribution in [3.63, 3.8) is 0 Å². The minimum absolute atomic E-state index is 0.0636. The summed E-state index contributed by atoms with van der Waals surface area (Å²) in [6, 6.07) is 6.66. The summed E-state index contributed by atoms with van der Waals surface area (Å²) >= 11 is 0. The zero-order valence-electron chi connectivity index (χ0n) is 10.2. The van der Waals surface area contributed by atoms with E-state index in [2.05, 4.69) is 10.6 Å². The van der Waals surface area contributed by atoms with Gasteiger partial charge >= 0.3 is 0 Å². The van der Waals surface area contributed by atoms with E-state index in [0.717, 1.165) is 11.6 Å². The number of carbonyl (C=O) groups is 2. The first kappa shape index (κ1) is 14.8. The topological polar surface area (TPSA) is 78.4 Å². The van der Waals surface area contributed by atoms with Gasteiger partial charge in [-0.2, -0.15) is 0 Å². The van der Waals surface area contributed by atoms with Crippen molar-refractivity contribution in [2.45, 2.75) is 13.0 Å². The summed E-state index contributed by atoms with van der Waals surface area (Å²) in [5.41, 5.74) is 1.31. The van der Waals surface area contributed by atoms with E-state index in [0.29, 0.717) is 12.1 Å². The summed E-state index contributed by atoms with van der Waals surface area (Å²) in [6.45, 7) is -0.284. The SMILES string of the molecule is O=CNC/C(F)=C/CC(=O)Nc1ccc(CO)cc1. The first-order valence-corrected chi connectivity index (χ1v) is 5.67. The van der Waals surface area contributed by atoms with E-state index in [4.69, 9.17) is 5.11 Å².